The van der Waals surface area contributed by atoms with E-state index in [1.54, 1.807) is 23.3 Å². The van der Waals surface area contributed by atoms with Crippen molar-refractivity contribution in [2.75, 3.05) is 5.73 Å². The maximum atomic E-state index is 5.62. The molecule has 4 aromatic rings. The Bertz CT molecular complexity index is 1110. The zero-order valence-electron chi connectivity index (χ0n) is 15.4. The van der Waals surface area contributed by atoms with Crippen molar-refractivity contribution in [2.24, 2.45) is 7.05 Å². The van der Waals surface area contributed by atoms with Crippen molar-refractivity contribution in [1.29, 1.82) is 0 Å². The summed E-state index contributed by atoms with van der Waals surface area (Å²) in [5.74, 6) is 1.65. The standard InChI is InChI=1S/C20H19N7O/c1-27-12-14(9-24-27)18-25-19(26-28-18)20(7-2-8-20)15-5-3-13(4-6-15)16-10-23-17(21)11-22-16/h3-6,9-12H,2,7-8H2,1H3,(H2,21,23). The number of nitrogens with two attached hydrogens (primary N) is 1. The Morgan fingerprint density at radius 3 is 2.46 bits per heavy atom. The van der Waals surface area contributed by atoms with E-state index in [1.165, 1.54) is 5.56 Å². The predicted molar refractivity (Wildman–Crippen MR) is 103 cm³/mol. The van der Waals surface area contributed by atoms with Crippen molar-refractivity contribution in [2.45, 2.75) is 24.7 Å². The number of hydrogen-bond donors (Lipinski definition) is 1. The lowest BCUT2D eigenvalue weighted by Gasteiger charge is -2.39. The minimum Gasteiger partial charge on any atom is -0.382 e. The van der Waals surface area contributed by atoms with Gasteiger partial charge in [0.15, 0.2) is 5.82 Å². The third kappa shape index (κ3) is 2.65. The van der Waals surface area contributed by atoms with Gasteiger partial charge in [-0.15, -0.1) is 0 Å². The molecule has 0 atom stereocenters. The Labute approximate surface area is 161 Å². The molecule has 3 aromatic heterocycles. The molecular weight excluding hydrogens is 354 g/mol. The third-order valence-electron chi connectivity index (χ3n) is 5.42. The monoisotopic (exact) mass is 373 g/mol. The van der Waals surface area contributed by atoms with Crippen molar-refractivity contribution in [3.63, 3.8) is 0 Å². The minimum absolute atomic E-state index is 0.199. The lowest BCUT2D eigenvalue weighted by Crippen LogP contribution is -2.36. The Balaban J connectivity index is 1.47. The Morgan fingerprint density at radius 1 is 1.04 bits per heavy atom. The molecule has 1 fully saturated rings. The summed E-state index contributed by atoms with van der Waals surface area (Å²) in [7, 11) is 1.86. The van der Waals surface area contributed by atoms with Crippen LogP contribution in [-0.2, 0) is 12.5 Å². The second-order valence-corrected chi connectivity index (χ2v) is 7.17. The molecule has 0 amide bonds. The first kappa shape index (κ1) is 16.6. The predicted octanol–water partition coefficient (Wildman–Crippen LogP) is 2.98. The summed E-state index contributed by atoms with van der Waals surface area (Å²) in [4.78, 5) is 13.1. The molecule has 1 aliphatic carbocycles. The molecular formula is C20H19N7O. The molecule has 0 aliphatic heterocycles. The largest absolute Gasteiger partial charge is 0.382 e. The van der Waals surface area contributed by atoms with Gasteiger partial charge in [0.2, 0.25) is 0 Å². The summed E-state index contributed by atoms with van der Waals surface area (Å²) in [5.41, 5.74) is 9.22. The maximum absolute atomic E-state index is 5.62. The molecule has 0 radical (unpaired) electrons. The van der Waals surface area contributed by atoms with E-state index >= 15 is 0 Å². The second-order valence-electron chi connectivity index (χ2n) is 7.17. The summed E-state index contributed by atoms with van der Waals surface area (Å²) in [6.45, 7) is 0. The summed E-state index contributed by atoms with van der Waals surface area (Å²) in [6.07, 6.45) is 9.99. The molecule has 8 nitrogen and oxygen atoms in total. The number of nitrogen functional groups attached to an aromatic ring is 1. The Kier molecular flexibility index (Phi) is 3.71. The van der Waals surface area contributed by atoms with Gasteiger partial charge >= 0.3 is 0 Å². The van der Waals surface area contributed by atoms with Crippen LogP contribution in [0.3, 0.4) is 0 Å². The van der Waals surface area contributed by atoms with Crippen LogP contribution >= 0.6 is 0 Å². The van der Waals surface area contributed by atoms with Crippen LogP contribution in [-0.4, -0.2) is 29.9 Å². The summed E-state index contributed by atoms with van der Waals surface area (Å²) in [6, 6.07) is 8.34. The number of aromatic nitrogens is 6. The van der Waals surface area contributed by atoms with Crippen molar-refractivity contribution >= 4 is 5.82 Å². The van der Waals surface area contributed by atoms with Crippen molar-refractivity contribution in [3.8, 4) is 22.7 Å². The Morgan fingerprint density at radius 2 is 1.86 bits per heavy atom. The zero-order valence-corrected chi connectivity index (χ0v) is 15.4. The van der Waals surface area contributed by atoms with E-state index in [0.29, 0.717) is 11.7 Å². The molecule has 2 N–H and O–H groups in total. The number of benzene rings is 1. The second kappa shape index (κ2) is 6.26. The first-order chi connectivity index (χ1) is 13.6. The smallest absolute Gasteiger partial charge is 0.261 e. The molecule has 1 saturated carbocycles. The normalized spacial score (nSPS) is 15.3. The number of nitrogens with zero attached hydrogens (tertiary/aromatic N) is 6. The molecule has 0 spiro atoms. The van der Waals surface area contributed by atoms with E-state index < -0.39 is 0 Å². The van der Waals surface area contributed by atoms with Gasteiger partial charge in [0.1, 0.15) is 5.82 Å². The van der Waals surface area contributed by atoms with Crippen LogP contribution in [0.2, 0.25) is 0 Å². The van der Waals surface area contributed by atoms with Gasteiger partial charge in [0.05, 0.1) is 35.3 Å². The number of aryl methyl sites for hydroxylation is 1. The van der Waals surface area contributed by atoms with E-state index in [4.69, 9.17) is 10.3 Å². The maximum Gasteiger partial charge on any atom is 0.261 e. The van der Waals surface area contributed by atoms with Crippen LogP contribution in [0.25, 0.3) is 22.7 Å². The average Bonchev–Trinajstić information content (AvgIpc) is 3.32. The molecule has 140 valence electrons. The van der Waals surface area contributed by atoms with E-state index in [2.05, 4.69) is 49.5 Å². The van der Waals surface area contributed by atoms with Crippen LogP contribution < -0.4 is 5.73 Å². The first-order valence-electron chi connectivity index (χ1n) is 9.16. The Hall–Kier alpha value is -3.55. The van der Waals surface area contributed by atoms with Gasteiger partial charge in [-0.1, -0.05) is 35.8 Å². The fourth-order valence-electron chi connectivity index (χ4n) is 3.69. The van der Waals surface area contributed by atoms with E-state index in [1.807, 2.05) is 13.2 Å². The molecule has 28 heavy (non-hydrogen) atoms. The van der Waals surface area contributed by atoms with Crippen LogP contribution in [0, 0.1) is 0 Å². The number of anilines is 1. The number of hydrogen-bond acceptors (Lipinski definition) is 7. The highest BCUT2D eigenvalue weighted by atomic mass is 16.5. The lowest BCUT2D eigenvalue weighted by atomic mass is 9.64. The van der Waals surface area contributed by atoms with Gasteiger partial charge in [-0.05, 0) is 18.4 Å². The van der Waals surface area contributed by atoms with Gasteiger partial charge in [0, 0.05) is 18.8 Å². The summed E-state index contributed by atoms with van der Waals surface area (Å²) >= 11 is 0. The molecule has 8 heteroatoms. The van der Waals surface area contributed by atoms with E-state index in [9.17, 15) is 0 Å². The molecule has 0 unspecified atom stereocenters. The van der Waals surface area contributed by atoms with Gasteiger partial charge in [-0.25, -0.2) is 4.98 Å². The highest BCUT2D eigenvalue weighted by molar-refractivity contribution is 5.60. The van der Waals surface area contributed by atoms with E-state index in [0.717, 1.165) is 41.9 Å². The highest BCUT2D eigenvalue weighted by Crippen LogP contribution is 2.48. The topological polar surface area (TPSA) is 109 Å². The van der Waals surface area contributed by atoms with Crippen LogP contribution in [0.4, 0.5) is 5.82 Å². The van der Waals surface area contributed by atoms with E-state index in [-0.39, 0.29) is 5.41 Å². The SMILES string of the molecule is Cn1cc(-c2nc(C3(c4ccc(-c5cnc(N)cn5)cc4)CCC3)no2)cn1. The quantitative estimate of drug-likeness (QED) is 0.586. The van der Waals surface area contributed by atoms with Gasteiger partial charge < -0.3 is 10.3 Å². The lowest BCUT2D eigenvalue weighted by molar-refractivity contribution is 0.273. The molecule has 1 aliphatic rings. The summed E-state index contributed by atoms with van der Waals surface area (Å²) in [5, 5.41) is 8.47. The van der Waals surface area contributed by atoms with Gasteiger partial charge in [-0.3, -0.25) is 9.67 Å². The van der Waals surface area contributed by atoms with Crippen molar-refractivity contribution < 1.29 is 4.52 Å². The fraction of sp³-hybridized carbons (Fsp3) is 0.250. The molecule has 0 bridgehead atoms. The van der Waals surface area contributed by atoms with Crippen LogP contribution in [0.15, 0.2) is 53.6 Å². The number of rotatable bonds is 4. The molecule has 1 aromatic carbocycles. The van der Waals surface area contributed by atoms with Gasteiger partial charge in [0.25, 0.3) is 5.89 Å². The van der Waals surface area contributed by atoms with Crippen molar-refractivity contribution in [3.05, 3.63) is 60.4 Å². The van der Waals surface area contributed by atoms with Crippen LogP contribution in [0.5, 0.6) is 0 Å². The zero-order chi connectivity index (χ0) is 19.1. The third-order valence-corrected chi connectivity index (χ3v) is 5.42. The fourth-order valence-corrected chi connectivity index (χ4v) is 3.69. The highest BCUT2D eigenvalue weighted by Gasteiger charge is 2.44. The molecule has 5 rings (SSSR count). The summed E-state index contributed by atoms with van der Waals surface area (Å²) < 4.78 is 7.25. The average molecular weight is 373 g/mol. The van der Waals surface area contributed by atoms with Crippen LogP contribution in [0.1, 0.15) is 30.7 Å². The molecule has 0 saturated heterocycles. The van der Waals surface area contributed by atoms with Gasteiger partial charge in [-0.2, -0.15) is 10.1 Å². The van der Waals surface area contributed by atoms with Crippen molar-refractivity contribution in [1.82, 2.24) is 29.9 Å². The first-order valence-corrected chi connectivity index (χ1v) is 9.16. The minimum atomic E-state index is -0.199. The molecule has 3 heterocycles.